The van der Waals surface area contributed by atoms with Crippen LogP contribution in [0.3, 0.4) is 0 Å². The second kappa shape index (κ2) is 13.6. The van der Waals surface area contributed by atoms with Gasteiger partial charge in [-0.3, -0.25) is 4.99 Å². The predicted octanol–water partition coefficient (Wildman–Crippen LogP) is 10.3. The van der Waals surface area contributed by atoms with E-state index in [0.717, 1.165) is 74.1 Å². The van der Waals surface area contributed by atoms with Crippen molar-refractivity contribution < 1.29 is 9.47 Å². The van der Waals surface area contributed by atoms with Gasteiger partial charge in [0.15, 0.2) is 12.5 Å². The fraction of sp³-hybridized carbons (Fsp3) is 0.104. The highest BCUT2D eigenvalue weighted by atomic mass is 16.5. The van der Waals surface area contributed by atoms with Crippen molar-refractivity contribution in [3.8, 4) is 33.8 Å². The van der Waals surface area contributed by atoms with Crippen LogP contribution in [0, 0.1) is 5.92 Å². The first kappa shape index (κ1) is 31.9. The van der Waals surface area contributed by atoms with Crippen molar-refractivity contribution in [3.05, 3.63) is 198 Å². The Bertz CT molecular complexity index is 2440. The lowest BCUT2D eigenvalue weighted by Crippen LogP contribution is -2.38. The molecule has 262 valence electrons. The molecule has 0 saturated heterocycles. The smallest absolute Gasteiger partial charge is 0.196 e. The van der Waals surface area contributed by atoms with Crippen molar-refractivity contribution in [2.45, 2.75) is 25.0 Å². The van der Waals surface area contributed by atoms with Crippen LogP contribution < -0.4 is 25.4 Å². The number of anilines is 2. The Labute approximate surface area is 315 Å². The van der Waals surface area contributed by atoms with Crippen molar-refractivity contribution in [1.29, 1.82) is 0 Å². The molecular formula is C48H38N4O2. The molecule has 0 bridgehead atoms. The molecule has 0 radical (unpaired) electrons. The van der Waals surface area contributed by atoms with Crippen LogP contribution in [0.15, 0.2) is 192 Å². The van der Waals surface area contributed by atoms with Crippen LogP contribution in [0.4, 0.5) is 11.4 Å². The molecule has 0 aromatic heterocycles. The standard InChI is InChI=1S/C48H38N4O2/c1-3-13-31(14-4-1)33-17-11-19-35(25-33)42-30-43(36-20-12-18-34(26-36)32-15-5-2-6-16-32)50-46(49-42)37-27-38(47-51-40-21-7-9-23-44(40)53-47)29-39(28-37)48-52-41-22-8-10-24-45(41)54-48/h1-27,29-30,39,46-49,51-52H,28H2. The topological polar surface area (TPSA) is 66.9 Å². The van der Waals surface area contributed by atoms with Gasteiger partial charge in [-0.05, 0) is 82.3 Å². The average Bonchev–Trinajstić information content (AvgIpc) is 3.90. The number of hydrogen-bond donors (Lipinski definition) is 3. The molecule has 6 aromatic rings. The summed E-state index contributed by atoms with van der Waals surface area (Å²) < 4.78 is 13.0. The number of fused-ring (bicyclic) bond motifs is 2. The summed E-state index contributed by atoms with van der Waals surface area (Å²) >= 11 is 0. The van der Waals surface area contributed by atoms with Crippen LogP contribution in [-0.4, -0.2) is 24.3 Å². The summed E-state index contributed by atoms with van der Waals surface area (Å²) in [5.41, 5.74) is 13.0. The zero-order valence-corrected chi connectivity index (χ0v) is 29.5. The normalized spacial score (nSPS) is 21.0. The zero-order valence-electron chi connectivity index (χ0n) is 29.5. The number of nitrogens with zero attached hydrogens (tertiary/aromatic N) is 1. The summed E-state index contributed by atoms with van der Waals surface area (Å²) in [5.74, 6) is 1.73. The number of nitrogens with one attached hydrogen (secondary N) is 3. The van der Waals surface area contributed by atoms with E-state index in [4.69, 9.17) is 14.5 Å². The third kappa shape index (κ3) is 6.22. The molecule has 0 fully saturated rings. The minimum Gasteiger partial charge on any atom is -0.468 e. The molecule has 6 nitrogen and oxygen atoms in total. The van der Waals surface area contributed by atoms with Gasteiger partial charge < -0.3 is 25.4 Å². The van der Waals surface area contributed by atoms with Gasteiger partial charge in [-0.1, -0.05) is 133 Å². The molecule has 10 rings (SSSR count). The maximum atomic E-state index is 6.53. The Morgan fingerprint density at radius 2 is 1.07 bits per heavy atom. The van der Waals surface area contributed by atoms with E-state index in [1.54, 1.807) is 0 Å². The maximum absolute atomic E-state index is 6.53. The van der Waals surface area contributed by atoms with Gasteiger partial charge >= 0.3 is 0 Å². The molecular weight excluding hydrogens is 665 g/mol. The van der Waals surface area contributed by atoms with Crippen molar-refractivity contribution in [1.82, 2.24) is 5.32 Å². The Morgan fingerprint density at radius 1 is 0.500 bits per heavy atom. The fourth-order valence-corrected chi connectivity index (χ4v) is 7.81. The van der Waals surface area contributed by atoms with Crippen molar-refractivity contribution in [2.75, 3.05) is 10.6 Å². The molecule has 0 amide bonds. The average molecular weight is 703 g/mol. The molecule has 3 heterocycles. The lowest BCUT2D eigenvalue weighted by Gasteiger charge is -2.33. The lowest BCUT2D eigenvalue weighted by molar-refractivity contribution is 0.198. The second-order valence-electron chi connectivity index (χ2n) is 14.1. The monoisotopic (exact) mass is 702 g/mol. The van der Waals surface area contributed by atoms with Gasteiger partial charge in [-0.2, -0.15) is 0 Å². The molecule has 4 atom stereocenters. The van der Waals surface area contributed by atoms with Crippen LogP contribution >= 0.6 is 0 Å². The summed E-state index contributed by atoms with van der Waals surface area (Å²) in [6.45, 7) is 0. The summed E-state index contributed by atoms with van der Waals surface area (Å²) in [7, 11) is 0. The van der Waals surface area contributed by atoms with Gasteiger partial charge in [0.05, 0.1) is 17.1 Å². The molecule has 0 saturated carbocycles. The molecule has 3 N–H and O–H groups in total. The van der Waals surface area contributed by atoms with Crippen LogP contribution in [0.1, 0.15) is 17.5 Å². The number of hydrogen-bond acceptors (Lipinski definition) is 6. The number of aliphatic imine (C=N–C) groups is 1. The third-order valence-electron chi connectivity index (χ3n) is 10.5. The number of rotatable bonds is 7. The summed E-state index contributed by atoms with van der Waals surface area (Å²) in [6.07, 6.45) is 6.59. The van der Waals surface area contributed by atoms with E-state index >= 15 is 0 Å². The molecule has 3 aliphatic heterocycles. The second-order valence-corrected chi connectivity index (χ2v) is 14.1. The lowest BCUT2D eigenvalue weighted by atomic mass is 9.86. The minimum absolute atomic E-state index is 0.0131. The van der Waals surface area contributed by atoms with E-state index < -0.39 is 0 Å². The molecule has 54 heavy (non-hydrogen) atoms. The Balaban J connectivity index is 1.05. The van der Waals surface area contributed by atoms with Crippen LogP contribution in [0.25, 0.3) is 28.0 Å². The van der Waals surface area contributed by atoms with E-state index in [2.05, 4.69) is 156 Å². The number of allylic oxidation sites excluding steroid dienone is 1. The third-order valence-corrected chi connectivity index (χ3v) is 10.5. The highest BCUT2D eigenvalue weighted by Gasteiger charge is 2.36. The van der Waals surface area contributed by atoms with Gasteiger partial charge in [-0.15, -0.1) is 0 Å². The molecule has 4 unspecified atom stereocenters. The van der Waals surface area contributed by atoms with Crippen molar-refractivity contribution >= 4 is 22.8 Å². The van der Waals surface area contributed by atoms with Crippen LogP contribution in [-0.2, 0) is 0 Å². The predicted molar refractivity (Wildman–Crippen MR) is 218 cm³/mol. The van der Waals surface area contributed by atoms with Crippen LogP contribution in [0.2, 0.25) is 0 Å². The first-order chi connectivity index (χ1) is 26.7. The van der Waals surface area contributed by atoms with E-state index in [9.17, 15) is 0 Å². The Hall–Kier alpha value is -6.79. The summed E-state index contributed by atoms with van der Waals surface area (Å²) in [4.78, 5) is 5.48. The molecule has 4 aliphatic rings. The van der Waals surface area contributed by atoms with Crippen LogP contribution in [0.5, 0.6) is 11.5 Å². The molecule has 1 aliphatic carbocycles. The summed E-state index contributed by atoms with van der Waals surface area (Å²) in [6, 6.07) is 54.7. The van der Waals surface area contributed by atoms with Crippen molar-refractivity contribution in [2.24, 2.45) is 10.9 Å². The number of ether oxygens (including phenoxy) is 2. The first-order valence-electron chi connectivity index (χ1n) is 18.5. The van der Waals surface area contributed by atoms with Gasteiger partial charge in [0.1, 0.15) is 17.7 Å². The van der Waals surface area contributed by atoms with Gasteiger partial charge in [0, 0.05) is 22.8 Å². The van der Waals surface area contributed by atoms with Gasteiger partial charge in [-0.25, -0.2) is 0 Å². The highest BCUT2D eigenvalue weighted by Crippen LogP contribution is 2.41. The fourth-order valence-electron chi connectivity index (χ4n) is 7.81. The SMILES string of the molecule is C1=C(c2cccc(-c3ccccc3)c2)NC(C2=CC(C3Nc4ccccc4O3)=CC(C3Nc4ccccc4O3)C2)N=C1c1cccc(-c2ccccc2)c1. The summed E-state index contributed by atoms with van der Waals surface area (Å²) in [5, 5.41) is 11.1. The first-order valence-corrected chi connectivity index (χ1v) is 18.5. The van der Waals surface area contributed by atoms with E-state index in [-0.39, 0.29) is 24.5 Å². The molecule has 6 aromatic carbocycles. The van der Waals surface area contributed by atoms with E-state index in [0.29, 0.717) is 0 Å². The highest BCUT2D eigenvalue weighted by molar-refractivity contribution is 6.13. The van der Waals surface area contributed by atoms with E-state index in [1.165, 1.54) is 11.1 Å². The Morgan fingerprint density at radius 3 is 1.76 bits per heavy atom. The quantitative estimate of drug-likeness (QED) is 0.155. The van der Waals surface area contributed by atoms with E-state index in [1.807, 2.05) is 36.4 Å². The number of benzene rings is 6. The number of para-hydroxylation sites is 4. The maximum Gasteiger partial charge on any atom is 0.196 e. The molecule has 0 spiro atoms. The zero-order chi connectivity index (χ0) is 35.8. The molecule has 6 heteroatoms. The van der Waals surface area contributed by atoms with Gasteiger partial charge in [0.2, 0.25) is 0 Å². The Kier molecular flexibility index (Phi) is 8.06. The van der Waals surface area contributed by atoms with Crippen molar-refractivity contribution in [3.63, 3.8) is 0 Å². The minimum atomic E-state index is -0.337. The van der Waals surface area contributed by atoms with Gasteiger partial charge in [0.25, 0.3) is 0 Å². The largest absolute Gasteiger partial charge is 0.468 e.